The van der Waals surface area contributed by atoms with E-state index in [1.54, 1.807) is 0 Å². The van der Waals surface area contributed by atoms with Gasteiger partial charge in [0.1, 0.15) is 0 Å². The van der Waals surface area contributed by atoms with Crippen LogP contribution < -0.4 is 0 Å². The third-order valence-corrected chi connectivity index (χ3v) is 3.69. The second-order valence-electron chi connectivity index (χ2n) is 5.66. The zero-order chi connectivity index (χ0) is 15.4. The number of carboxylic acids is 1. The fourth-order valence-corrected chi connectivity index (χ4v) is 2.57. The highest BCUT2D eigenvalue weighted by Crippen LogP contribution is 2.31. The first-order chi connectivity index (χ1) is 9.99. The fourth-order valence-electron chi connectivity index (χ4n) is 2.57. The monoisotopic (exact) mass is 283 g/mol. The van der Waals surface area contributed by atoms with E-state index in [-0.39, 0.29) is 6.42 Å². The molecule has 2 rings (SSSR count). The summed E-state index contributed by atoms with van der Waals surface area (Å²) < 4.78 is 0. The van der Waals surface area contributed by atoms with Crippen molar-refractivity contribution < 1.29 is 9.90 Å². The number of nitrogens with zero attached hydrogens (tertiary/aromatic N) is 1. The maximum absolute atomic E-state index is 10.7. The number of carbonyl (C=O) groups is 1. The highest BCUT2D eigenvalue weighted by molar-refractivity contribution is 5.71. The molecule has 0 amide bonds. The van der Waals surface area contributed by atoms with Crippen molar-refractivity contribution in [3.8, 4) is 11.1 Å². The van der Waals surface area contributed by atoms with Gasteiger partial charge in [-0.25, -0.2) is 0 Å². The number of aliphatic carboxylic acids is 1. The minimum absolute atomic E-state index is 0.170. The molecule has 0 spiro atoms. The molecule has 110 valence electrons. The fraction of sp³-hybridized carbons (Fsp3) is 0.333. The predicted molar refractivity (Wildman–Crippen MR) is 84.5 cm³/mol. The molecule has 0 saturated heterocycles. The summed E-state index contributed by atoms with van der Waals surface area (Å²) in [6, 6.07) is 8.24. The summed E-state index contributed by atoms with van der Waals surface area (Å²) in [5.41, 5.74) is 5.84. The molecule has 0 radical (unpaired) electrons. The van der Waals surface area contributed by atoms with Gasteiger partial charge in [0.2, 0.25) is 0 Å². The molecule has 3 heteroatoms. The van der Waals surface area contributed by atoms with Crippen molar-refractivity contribution in [1.29, 1.82) is 0 Å². The number of carboxylic acid groups (broad SMARTS) is 1. The maximum Gasteiger partial charge on any atom is 0.303 e. The van der Waals surface area contributed by atoms with Crippen molar-refractivity contribution in [3.05, 3.63) is 53.3 Å². The van der Waals surface area contributed by atoms with Crippen LogP contribution in [-0.4, -0.2) is 16.1 Å². The van der Waals surface area contributed by atoms with Gasteiger partial charge in [0.15, 0.2) is 0 Å². The molecule has 3 nitrogen and oxygen atoms in total. The zero-order valence-electron chi connectivity index (χ0n) is 12.8. The number of benzene rings is 1. The molecule has 0 fully saturated rings. The molecule has 0 aliphatic heterocycles. The van der Waals surface area contributed by atoms with Crippen molar-refractivity contribution in [2.75, 3.05) is 0 Å². The first kappa shape index (κ1) is 15.2. The van der Waals surface area contributed by atoms with Crippen molar-refractivity contribution in [1.82, 2.24) is 4.98 Å². The smallest absolute Gasteiger partial charge is 0.303 e. The van der Waals surface area contributed by atoms with Crippen LogP contribution in [0.15, 0.2) is 36.7 Å². The van der Waals surface area contributed by atoms with Gasteiger partial charge in [-0.3, -0.25) is 9.78 Å². The number of aromatic nitrogens is 1. The van der Waals surface area contributed by atoms with Gasteiger partial charge in [-0.05, 0) is 47.6 Å². The average Bonchev–Trinajstić information content (AvgIpc) is 2.45. The summed E-state index contributed by atoms with van der Waals surface area (Å²) in [5, 5.41) is 8.77. The topological polar surface area (TPSA) is 50.2 Å². The van der Waals surface area contributed by atoms with Crippen molar-refractivity contribution in [3.63, 3.8) is 0 Å². The van der Waals surface area contributed by atoms with Crippen LogP contribution in [0.5, 0.6) is 0 Å². The summed E-state index contributed by atoms with van der Waals surface area (Å²) in [7, 11) is 0. The van der Waals surface area contributed by atoms with Gasteiger partial charge in [0.25, 0.3) is 0 Å². The molecule has 1 aromatic heterocycles. The molecule has 0 bridgehead atoms. The lowest BCUT2D eigenvalue weighted by Gasteiger charge is -2.15. The summed E-state index contributed by atoms with van der Waals surface area (Å²) >= 11 is 0. The Morgan fingerprint density at radius 1 is 1.24 bits per heavy atom. The third-order valence-electron chi connectivity index (χ3n) is 3.69. The van der Waals surface area contributed by atoms with Crippen LogP contribution >= 0.6 is 0 Å². The van der Waals surface area contributed by atoms with Gasteiger partial charge in [0.05, 0.1) is 0 Å². The van der Waals surface area contributed by atoms with Crippen molar-refractivity contribution in [2.24, 2.45) is 0 Å². The van der Waals surface area contributed by atoms with Gasteiger partial charge < -0.3 is 5.11 Å². The minimum Gasteiger partial charge on any atom is -0.481 e. The number of aryl methyl sites for hydroxylation is 2. The minimum atomic E-state index is -0.758. The first-order valence-corrected chi connectivity index (χ1v) is 7.24. The summed E-state index contributed by atoms with van der Waals surface area (Å²) in [6.45, 7) is 6.42. The molecule has 21 heavy (non-hydrogen) atoms. The second-order valence-corrected chi connectivity index (χ2v) is 5.66. The number of pyridine rings is 1. The van der Waals surface area contributed by atoms with E-state index in [1.165, 1.54) is 11.1 Å². The van der Waals surface area contributed by atoms with Crippen LogP contribution in [0.1, 0.15) is 42.9 Å². The Morgan fingerprint density at radius 2 is 2.00 bits per heavy atom. The highest BCUT2D eigenvalue weighted by atomic mass is 16.4. The van der Waals surface area contributed by atoms with Crippen LogP contribution in [0, 0.1) is 6.92 Å². The average molecular weight is 283 g/mol. The van der Waals surface area contributed by atoms with E-state index in [2.05, 4.69) is 44.0 Å². The summed E-state index contributed by atoms with van der Waals surface area (Å²) in [4.78, 5) is 14.9. The van der Waals surface area contributed by atoms with Gasteiger partial charge in [0, 0.05) is 24.4 Å². The van der Waals surface area contributed by atoms with E-state index in [4.69, 9.17) is 5.11 Å². The van der Waals surface area contributed by atoms with Gasteiger partial charge in [-0.1, -0.05) is 32.0 Å². The van der Waals surface area contributed by atoms with Gasteiger partial charge >= 0.3 is 5.97 Å². The van der Waals surface area contributed by atoms with E-state index in [1.807, 2.05) is 18.5 Å². The Bertz CT molecular complexity index is 647. The number of hydrogen-bond acceptors (Lipinski definition) is 2. The number of hydrogen-bond donors (Lipinski definition) is 1. The molecule has 0 atom stereocenters. The van der Waals surface area contributed by atoms with E-state index in [0.717, 1.165) is 16.7 Å². The van der Waals surface area contributed by atoms with Crippen LogP contribution in [0.4, 0.5) is 0 Å². The lowest BCUT2D eigenvalue weighted by atomic mass is 9.91. The largest absolute Gasteiger partial charge is 0.481 e. The molecule has 0 aliphatic carbocycles. The van der Waals surface area contributed by atoms with Crippen LogP contribution in [0.25, 0.3) is 11.1 Å². The third kappa shape index (κ3) is 3.69. The van der Waals surface area contributed by atoms with Crippen molar-refractivity contribution in [2.45, 2.75) is 39.5 Å². The van der Waals surface area contributed by atoms with Crippen LogP contribution in [-0.2, 0) is 11.2 Å². The Labute approximate surface area is 125 Å². The predicted octanol–water partition coefficient (Wildman–Crippen LogP) is 4.20. The Morgan fingerprint density at radius 3 is 2.62 bits per heavy atom. The lowest BCUT2D eigenvalue weighted by molar-refractivity contribution is -0.136. The Balaban J connectivity index is 2.35. The number of rotatable bonds is 5. The van der Waals surface area contributed by atoms with E-state index in [0.29, 0.717) is 12.3 Å². The normalized spacial score (nSPS) is 10.9. The molecule has 1 heterocycles. The molecule has 1 N–H and O–H groups in total. The zero-order valence-corrected chi connectivity index (χ0v) is 12.8. The Hall–Kier alpha value is -2.16. The first-order valence-electron chi connectivity index (χ1n) is 7.24. The molecule has 0 unspecified atom stereocenters. The second kappa shape index (κ2) is 6.53. The lowest BCUT2D eigenvalue weighted by Crippen LogP contribution is -1.99. The van der Waals surface area contributed by atoms with E-state index in [9.17, 15) is 4.79 Å². The summed E-state index contributed by atoms with van der Waals surface area (Å²) in [5.74, 6) is -0.319. The quantitative estimate of drug-likeness (QED) is 0.894. The molecular weight excluding hydrogens is 262 g/mol. The van der Waals surface area contributed by atoms with Gasteiger partial charge in [-0.15, -0.1) is 0 Å². The Kier molecular flexibility index (Phi) is 4.73. The van der Waals surface area contributed by atoms with E-state index >= 15 is 0 Å². The summed E-state index contributed by atoms with van der Waals surface area (Å²) in [6.07, 6.45) is 4.48. The maximum atomic E-state index is 10.7. The van der Waals surface area contributed by atoms with E-state index < -0.39 is 5.97 Å². The molecular formula is C18H21NO2. The van der Waals surface area contributed by atoms with Gasteiger partial charge in [-0.2, -0.15) is 0 Å². The molecule has 1 aromatic carbocycles. The molecule has 0 saturated carbocycles. The molecule has 2 aromatic rings. The molecule has 0 aliphatic rings. The van der Waals surface area contributed by atoms with Crippen LogP contribution in [0.2, 0.25) is 0 Å². The van der Waals surface area contributed by atoms with Crippen molar-refractivity contribution >= 4 is 5.97 Å². The van der Waals surface area contributed by atoms with Crippen LogP contribution in [0.3, 0.4) is 0 Å². The SMILES string of the molecule is Cc1cc(CCC(=O)O)ccc1-c1cnccc1C(C)C. The highest BCUT2D eigenvalue weighted by Gasteiger charge is 2.11. The standard InChI is InChI=1S/C18H21NO2/c1-12(2)15-8-9-19-11-17(15)16-6-4-14(10-13(16)3)5-7-18(20)21/h4,6,8-12H,5,7H2,1-3H3,(H,20,21).